The molecule has 304 valence electrons. The highest BCUT2D eigenvalue weighted by molar-refractivity contribution is 9.10. The Hall–Kier alpha value is -3.24. The second kappa shape index (κ2) is 21.0. The minimum absolute atomic E-state index is 0.230. The molecular weight excluding hydrogens is 797 g/mol. The summed E-state index contributed by atoms with van der Waals surface area (Å²) in [6.07, 6.45) is -8.90. The first-order valence-corrected chi connectivity index (χ1v) is 19.6. The van der Waals surface area contributed by atoms with Crippen molar-refractivity contribution in [2.45, 2.75) is 65.2 Å². The van der Waals surface area contributed by atoms with Crippen molar-refractivity contribution in [2.24, 2.45) is 11.8 Å². The lowest BCUT2D eigenvalue weighted by molar-refractivity contribution is -0.137. The van der Waals surface area contributed by atoms with Crippen molar-refractivity contribution in [1.82, 2.24) is 20.4 Å². The van der Waals surface area contributed by atoms with Gasteiger partial charge in [0.1, 0.15) is 0 Å². The first-order valence-electron chi connectivity index (χ1n) is 18.9. The summed E-state index contributed by atoms with van der Waals surface area (Å²) in [5, 5.41) is 24.4. The van der Waals surface area contributed by atoms with Gasteiger partial charge in [-0.25, -0.2) is 0 Å². The number of nitrogens with one attached hydrogen (secondary N) is 2. The molecule has 2 aliphatic heterocycles. The highest BCUT2D eigenvalue weighted by atomic mass is 79.9. The van der Waals surface area contributed by atoms with Gasteiger partial charge in [0.05, 0.1) is 11.1 Å². The highest BCUT2D eigenvalue weighted by Crippen LogP contribution is 2.37. The Morgan fingerprint density at radius 1 is 0.643 bits per heavy atom. The van der Waals surface area contributed by atoms with Crippen LogP contribution in [-0.4, -0.2) is 78.3 Å². The van der Waals surface area contributed by atoms with Crippen molar-refractivity contribution >= 4 is 28.5 Å². The minimum Gasteiger partial charge on any atom is -0.423 e. The monoisotopic (exact) mass is 848 g/mol. The van der Waals surface area contributed by atoms with E-state index in [-0.39, 0.29) is 5.56 Å². The second-order valence-electron chi connectivity index (χ2n) is 14.9. The fraction of sp³-hybridized carbons (Fsp3) is 0.429. The van der Waals surface area contributed by atoms with Gasteiger partial charge in [0.15, 0.2) is 0 Å². The van der Waals surface area contributed by atoms with Gasteiger partial charge in [-0.15, -0.1) is 0 Å². The number of hydrogen-bond donors (Lipinski definition) is 4. The largest absolute Gasteiger partial charge is 0.489 e. The minimum atomic E-state index is -4.56. The highest BCUT2D eigenvalue weighted by Gasteiger charge is 2.36. The maximum Gasteiger partial charge on any atom is 0.489 e. The van der Waals surface area contributed by atoms with Gasteiger partial charge in [-0.2, -0.15) is 26.3 Å². The van der Waals surface area contributed by atoms with Gasteiger partial charge in [-0.1, -0.05) is 122 Å². The number of piperazine rings is 2. The maximum absolute atomic E-state index is 13.2. The summed E-state index contributed by atoms with van der Waals surface area (Å²) in [7, 11) is -2.10. The summed E-state index contributed by atoms with van der Waals surface area (Å²) in [5.41, 5.74) is 1.21. The van der Waals surface area contributed by atoms with E-state index in [1.165, 1.54) is 29.8 Å². The molecule has 2 fully saturated rings. The van der Waals surface area contributed by atoms with E-state index >= 15 is 0 Å². The predicted molar refractivity (Wildman–Crippen MR) is 216 cm³/mol. The molecular formula is C42H52BBrF6N4O2. The molecule has 14 heteroatoms. The van der Waals surface area contributed by atoms with Crippen molar-refractivity contribution in [3.63, 3.8) is 0 Å². The van der Waals surface area contributed by atoms with Crippen LogP contribution in [0.3, 0.4) is 0 Å². The Labute approximate surface area is 335 Å². The lowest BCUT2D eigenvalue weighted by Crippen LogP contribution is -2.52. The van der Waals surface area contributed by atoms with Gasteiger partial charge in [0.2, 0.25) is 0 Å². The molecule has 6 nitrogen and oxygen atoms in total. The third-order valence-corrected chi connectivity index (χ3v) is 10.5. The van der Waals surface area contributed by atoms with Crippen LogP contribution >= 0.6 is 15.9 Å². The zero-order valence-corrected chi connectivity index (χ0v) is 33.8. The molecule has 0 aliphatic carbocycles. The third-order valence-electron chi connectivity index (χ3n) is 9.96. The van der Waals surface area contributed by atoms with Gasteiger partial charge in [0, 0.05) is 68.9 Å². The number of alkyl halides is 6. The SMILES string of the molecule is CC(C)C1CN(Cc2ccc(-c3ccccc3C(F)(F)F)cc2)CCN1.CC(C)C1CN(Cc2ccc(Br)cc2)CCN1.OB(O)c1ccccc1C(F)(F)F. The number of rotatable bonds is 8. The predicted octanol–water partition coefficient (Wildman–Crippen LogP) is 8.07. The Bertz CT molecular complexity index is 1780. The van der Waals surface area contributed by atoms with Crippen LogP contribution in [-0.2, 0) is 25.4 Å². The molecule has 4 aromatic rings. The lowest BCUT2D eigenvalue weighted by Gasteiger charge is -2.35. The van der Waals surface area contributed by atoms with Crippen LogP contribution in [0.15, 0.2) is 102 Å². The normalized spacial score (nSPS) is 18.2. The summed E-state index contributed by atoms with van der Waals surface area (Å²) in [4.78, 5) is 4.95. The maximum atomic E-state index is 13.2. The molecule has 4 N–H and O–H groups in total. The van der Waals surface area contributed by atoms with Crippen molar-refractivity contribution in [3.05, 3.63) is 124 Å². The van der Waals surface area contributed by atoms with Gasteiger partial charge in [0.25, 0.3) is 0 Å². The average molecular weight is 850 g/mol. The smallest absolute Gasteiger partial charge is 0.423 e. The molecule has 56 heavy (non-hydrogen) atoms. The van der Waals surface area contributed by atoms with E-state index in [0.717, 1.165) is 80.6 Å². The fourth-order valence-corrected chi connectivity index (χ4v) is 6.99. The molecule has 0 aromatic heterocycles. The van der Waals surface area contributed by atoms with E-state index in [1.54, 1.807) is 18.2 Å². The van der Waals surface area contributed by atoms with Crippen molar-refractivity contribution in [2.75, 3.05) is 39.3 Å². The quantitative estimate of drug-likeness (QED) is 0.106. The Morgan fingerprint density at radius 3 is 1.50 bits per heavy atom. The first-order chi connectivity index (χ1) is 26.4. The third kappa shape index (κ3) is 14.0. The van der Waals surface area contributed by atoms with Crippen LogP contribution in [0.1, 0.15) is 49.9 Å². The Kier molecular flexibility index (Phi) is 17.0. The van der Waals surface area contributed by atoms with Crippen LogP contribution in [0.4, 0.5) is 26.3 Å². The molecule has 0 bridgehead atoms. The molecule has 2 atom stereocenters. The molecule has 0 radical (unpaired) electrons. The molecule has 2 aliphatic rings. The summed E-state index contributed by atoms with van der Waals surface area (Å²) in [5.74, 6) is 1.29. The summed E-state index contributed by atoms with van der Waals surface area (Å²) < 4.78 is 77.3. The van der Waals surface area contributed by atoms with Gasteiger partial charge in [-0.05, 0) is 57.8 Å². The fourth-order valence-electron chi connectivity index (χ4n) is 6.72. The molecule has 0 saturated carbocycles. The summed E-state index contributed by atoms with van der Waals surface area (Å²) in [6.45, 7) is 17.3. The van der Waals surface area contributed by atoms with Crippen molar-refractivity contribution in [1.29, 1.82) is 0 Å². The zero-order valence-electron chi connectivity index (χ0n) is 32.2. The van der Waals surface area contributed by atoms with Gasteiger partial charge in [-0.3, -0.25) is 9.80 Å². The molecule has 2 saturated heterocycles. The van der Waals surface area contributed by atoms with E-state index < -0.39 is 36.1 Å². The van der Waals surface area contributed by atoms with Crippen LogP contribution in [0.2, 0.25) is 0 Å². The Morgan fingerprint density at radius 2 is 1.07 bits per heavy atom. The van der Waals surface area contributed by atoms with Crippen molar-refractivity contribution < 1.29 is 36.4 Å². The second-order valence-corrected chi connectivity index (χ2v) is 15.8. The van der Waals surface area contributed by atoms with E-state index in [1.807, 2.05) is 12.1 Å². The van der Waals surface area contributed by atoms with Crippen LogP contribution in [0.25, 0.3) is 11.1 Å². The number of hydrogen-bond acceptors (Lipinski definition) is 6. The van der Waals surface area contributed by atoms with E-state index in [4.69, 9.17) is 10.0 Å². The van der Waals surface area contributed by atoms with E-state index in [9.17, 15) is 26.3 Å². The molecule has 6 rings (SSSR count). The molecule has 2 heterocycles. The average Bonchev–Trinajstić information content (AvgIpc) is 3.16. The van der Waals surface area contributed by atoms with Crippen molar-refractivity contribution in [3.8, 4) is 11.1 Å². The zero-order chi connectivity index (χ0) is 41.0. The molecule has 0 amide bonds. The molecule has 4 aromatic carbocycles. The summed E-state index contributed by atoms with van der Waals surface area (Å²) in [6, 6.07) is 27.3. The van der Waals surface area contributed by atoms with Crippen LogP contribution < -0.4 is 16.1 Å². The van der Waals surface area contributed by atoms with Gasteiger partial charge < -0.3 is 20.7 Å². The van der Waals surface area contributed by atoms with Gasteiger partial charge >= 0.3 is 19.5 Å². The molecule has 2 unspecified atom stereocenters. The topological polar surface area (TPSA) is 71.0 Å². The standard InChI is InChI=1S/C21H25F3N2.C14H21BrN2.C7H6BF3O2/c1-15(2)20-14-26(12-11-25-20)13-16-7-9-17(10-8-16)18-5-3-4-6-19(18)21(22,23)24;1-11(2)14-10-17(8-7-16-14)9-12-3-5-13(15)6-4-12;9-7(10,11)5-3-1-2-4-6(5)8(12)13/h3-10,15,20,25H,11-14H2,1-2H3;3-6,11,14,16H,7-10H2,1-2H3;1-4,12-13H. The van der Waals surface area contributed by atoms with E-state index in [2.05, 4.69) is 88.3 Å². The molecule has 0 spiro atoms. The number of nitrogens with zero attached hydrogens (tertiary/aromatic N) is 2. The Balaban J connectivity index is 0.000000200. The number of halogens is 7. The van der Waals surface area contributed by atoms with Crippen LogP contribution in [0, 0.1) is 11.8 Å². The van der Waals surface area contributed by atoms with Crippen LogP contribution in [0.5, 0.6) is 0 Å². The van der Waals surface area contributed by atoms with E-state index in [0.29, 0.717) is 29.5 Å². The summed E-state index contributed by atoms with van der Waals surface area (Å²) >= 11 is 3.48. The number of benzene rings is 4. The first kappa shape index (κ1) is 45.5. The lowest BCUT2D eigenvalue weighted by atomic mass is 9.77.